The van der Waals surface area contributed by atoms with Crippen LogP contribution >= 0.6 is 0 Å². The van der Waals surface area contributed by atoms with Crippen molar-refractivity contribution in [1.82, 2.24) is 20.5 Å². The molecule has 7 nitrogen and oxygen atoms in total. The minimum absolute atomic E-state index is 0.184. The summed E-state index contributed by atoms with van der Waals surface area (Å²) in [6, 6.07) is 18.0. The summed E-state index contributed by atoms with van der Waals surface area (Å²) < 4.78 is 87.2. The average molecular weight is 715 g/mol. The molecule has 2 aliphatic rings. The third-order valence-corrected chi connectivity index (χ3v) is 10.4. The molecule has 0 aliphatic carbocycles. The molecule has 0 saturated carbocycles. The Morgan fingerprint density at radius 1 is 0.961 bits per heavy atom. The van der Waals surface area contributed by atoms with E-state index in [-0.39, 0.29) is 6.42 Å². The standard InChI is InChI=1S/C38H40F6N4O3/c1-51-34(49)32(47-35(50)36(38(42,43)44)13-18-48(19-14-36)23-37(39,40)41)22-27-4-2-6-29-28(27)5-3-7-30(29)33-31-21-25(8-9-26(31)12-17-46-33)20-24-10-15-45-16-11-24/h2-9,12,17,21,24,32,45H,10-11,13-16,18-20,22-23H2,1H3,(H,47,50)/t32-/m0/s1. The monoisotopic (exact) mass is 714 g/mol. The molecule has 6 rings (SSSR count). The van der Waals surface area contributed by atoms with Gasteiger partial charge in [-0.05, 0) is 104 Å². The number of amides is 1. The van der Waals surface area contributed by atoms with Crippen LogP contribution < -0.4 is 10.6 Å². The smallest absolute Gasteiger partial charge is 0.403 e. The third-order valence-electron chi connectivity index (χ3n) is 10.4. The highest BCUT2D eigenvalue weighted by Crippen LogP contribution is 2.47. The van der Waals surface area contributed by atoms with E-state index < -0.39 is 68.2 Å². The van der Waals surface area contributed by atoms with Gasteiger partial charge in [0.15, 0.2) is 0 Å². The first kappa shape index (κ1) is 36.6. The molecule has 13 heteroatoms. The fraction of sp³-hybridized carbons (Fsp3) is 0.447. The Morgan fingerprint density at radius 3 is 2.35 bits per heavy atom. The summed E-state index contributed by atoms with van der Waals surface area (Å²) in [7, 11) is 1.07. The number of hydrogen-bond donors (Lipinski definition) is 2. The molecule has 3 heterocycles. The normalized spacial score (nSPS) is 18.1. The molecular weight excluding hydrogens is 674 g/mol. The molecule has 2 aliphatic heterocycles. The second-order valence-corrected chi connectivity index (χ2v) is 13.7. The lowest BCUT2D eigenvalue weighted by molar-refractivity contribution is -0.236. The maximum Gasteiger partial charge on any atom is 0.403 e. The number of ether oxygens (including phenoxy) is 1. The number of rotatable bonds is 9. The zero-order valence-electron chi connectivity index (χ0n) is 28.2. The molecule has 1 aromatic heterocycles. The highest BCUT2D eigenvalue weighted by molar-refractivity contribution is 6.05. The van der Waals surface area contributed by atoms with E-state index in [4.69, 9.17) is 9.72 Å². The van der Waals surface area contributed by atoms with E-state index in [1.807, 2.05) is 30.3 Å². The number of aromatic nitrogens is 1. The SMILES string of the molecule is COC(=O)[C@H](Cc1cccc2c(-c3nccc4ccc(CC5CCNCC5)cc34)cccc12)NC(=O)C1(C(F)(F)F)CCN(CC(F)(F)F)CC1. The molecule has 0 unspecified atom stereocenters. The van der Waals surface area contributed by atoms with Crippen LogP contribution in [0.4, 0.5) is 26.3 Å². The number of hydrogen-bond acceptors (Lipinski definition) is 6. The van der Waals surface area contributed by atoms with Crippen LogP contribution in [0.15, 0.2) is 66.9 Å². The molecule has 272 valence electrons. The van der Waals surface area contributed by atoms with Crippen LogP contribution in [0.5, 0.6) is 0 Å². The molecule has 0 radical (unpaired) electrons. The number of carbonyl (C=O) groups is 2. The topological polar surface area (TPSA) is 83.6 Å². The van der Waals surface area contributed by atoms with Gasteiger partial charge in [-0.15, -0.1) is 0 Å². The number of likely N-dealkylation sites (tertiary alicyclic amines) is 1. The number of fused-ring (bicyclic) bond motifs is 2. The van der Waals surface area contributed by atoms with Crippen LogP contribution in [-0.2, 0) is 27.2 Å². The maximum atomic E-state index is 14.5. The van der Waals surface area contributed by atoms with Crippen LogP contribution in [0.25, 0.3) is 32.8 Å². The highest BCUT2D eigenvalue weighted by Gasteiger charge is 2.61. The zero-order valence-corrected chi connectivity index (χ0v) is 28.2. The van der Waals surface area contributed by atoms with Crippen molar-refractivity contribution in [2.24, 2.45) is 11.3 Å². The fourth-order valence-electron chi connectivity index (χ4n) is 7.57. The first-order valence-electron chi connectivity index (χ1n) is 17.1. The van der Waals surface area contributed by atoms with Crippen molar-refractivity contribution in [3.05, 3.63) is 78.0 Å². The van der Waals surface area contributed by atoms with Gasteiger partial charge in [0.05, 0.1) is 19.3 Å². The van der Waals surface area contributed by atoms with Crippen molar-refractivity contribution in [1.29, 1.82) is 0 Å². The van der Waals surface area contributed by atoms with Crippen molar-refractivity contribution in [3.63, 3.8) is 0 Å². The molecule has 1 atom stereocenters. The summed E-state index contributed by atoms with van der Waals surface area (Å²) in [5, 5.41) is 9.22. The van der Waals surface area contributed by atoms with Gasteiger partial charge in [-0.1, -0.05) is 48.5 Å². The van der Waals surface area contributed by atoms with Crippen LogP contribution in [-0.4, -0.2) is 80.0 Å². The largest absolute Gasteiger partial charge is 0.467 e. The van der Waals surface area contributed by atoms with Gasteiger partial charge in [-0.3, -0.25) is 14.7 Å². The predicted octanol–water partition coefficient (Wildman–Crippen LogP) is 7.00. The maximum absolute atomic E-state index is 14.5. The quantitative estimate of drug-likeness (QED) is 0.144. The van der Waals surface area contributed by atoms with Gasteiger partial charge in [0, 0.05) is 23.6 Å². The number of benzene rings is 3. The van der Waals surface area contributed by atoms with Crippen molar-refractivity contribution in [3.8, 4) is 11.3 Å². The van der Waals surface area contributed by atoms with E-state index in [0.29, 0.717) is 16.9 Å². The molecule has 0 spiro atoms. The van der Waals surface area contributed by atoms with E-state index in [1.165, 1.54) is 5.56 Å². The Labute approximate surface area is 291 Å². The molecule has 1 amide bonds. The molecule has 4 aromatic rings. The number of methoxy groups -OCH3 is 1. The summed E-state index contributed by atoms with van der Waals surface area (Å²) in [6.07, 6.45) is -6.62. The minimum atomic E-state index is -5.06. The van der Waals surface area contributed by atoms with Crippen LogP contribution in [0.1, 0.15) is 36.8 Å². The summed E-state index contributed by atoms with van der Waals surface area (Å²) in [5.74, 6) is -1.81. The summed E-state index contributed by atoms with van der Waals surface area (Å²) in [4.78, 5) is 32.1. The Bertz CT molecular complexity index is 1880. The second-order valence-electron chi connectivity index (χ2n) is 13.7. The van der Waals surface area contributed by atoms with Gasteiger partial charge in [0.1, 0.15) is 11.5 Å². The first-order chi connectivity index (χ1) is 24.3. The van der Waals surface area contributed by atoms with Gasteiger partial charge >= 0.3 is 18.3 Å². The first-order valence-corrected chi connectivity index (χ1v) is 17.1. The van der Waals surface area contributed by atoms with Crippen LogP contribution in [0.3, 0.4) is 0 Å². The van der Waals surface area contributed by atoms with Gasteiger partial charge in [0.25, 0.3) is 0 Å². The lowest BCUT2D eigenvalue weighted by Crippen LogP contribution is -2.59. The third kappa shape index (κ3) is 7.99. The van der Waals surface area contributed by atoms with Gasteiger partial charge in [-0.25, -0.2) is 4.79 Å². The predicted molar refractivity (Wildman–Crippen MR) is 182 cm³/mol. The number of piperidine rings is 2. The van der Waals surface area contributed by atoms with Crippen LogP contribution in [0, 0.1) is 11.3 Å². The van der Waals surface area contributed by atoms with E-state index in [9.17, 15) is 35.9 Å². The molecule has 2 fully saturated rings. The lowest BCUT2D eigenvalue weighted by Gasteiger charge is -2.42. The highest BCUT2D eigenvalue weighted by atomic mass is 19.4. The minimum Gasteiger partial charge on any atom is -0.467 e. The molecule has 2 N–H and O–H groups in total. The van der Waals surface area contributed by atoms with Gasteiger partial charge in [0.2, 0.25) is 5.91 Å². The number of carbonyl (C=O) groups excluding carboxylic acids is 2. The molecule has 0 bridgehead atoms. The van der Waals surface area contributed by atoms with E-state index in [2.05, 4.69) is 28.8 Å². The molecule has 3 aromatic carbocycles. The molecular formula is C38H40F6N4O3. The van der Waals surface area contributed by atoms with E-state index >= 15 is 0 Å². The fourth-order valence-corrected chi connectivity index (χ4v) is 7.57. The van der Waals surface area contributed by atoms with Crippen molar-refractivity contribution in [2.75, 3.05) is 39.8 Å². The Kier molecular flexibility index (Phi) is 10.6. The van der Waals surface area contributed by atoms with Crippen molar-refractivity contribution < 1.29 is 40.7 Å². The lowest BCUT2D eigenvalue weighted by atomic mass is 9.76. The summed E-state index contributed by atoms with van der Waals surface area (Å²) in [6.45, 7) is -0.509. The second kappa shape index (κ2) is 14.8. The summed E-state index contributed by atoms with van der Waals surface area (Å²) in [5.41, 5.74) is 0.449. The zero-order chi connectivity index (χ0) is 36.4. The van der Waals surface area contributed by atoms with E-state index in [0.717, 1.165) is 71.8 Å². The van der Waals surface area contributed by atoms with E-state index in [1.54, 1.807) is 18.3 Å². The average Bonchev–Trinajstić information content (AvgIpc) is 3.10. The number of esters is 1. The Balaban J connectivity index is 1.29. The Morgan fingerprint density at radius 2 is 1.67 bits per heavy atom. The number of pyridine rings is 1. The van der Waals surface area contributed by atoms with Crippen LogP contribution in [0.2, 0.25) is 0 Å². The number of alkyl halides is 6. The van der Waals surface area contributed by atoms with Crippen molar-refractivity contribution >= 4 is 33.4 Å². The molecule has 2 saturated heterocycles. The Hall–Kier alpha value is -4.23. The number of nitrogens with zero attached hydrogens (tertiary/aromatic N) is 2. The number of halogens is 6. The summed E-state index contributed by atoms with van der Waals surface area (Å²) >= 11 is 0. The number of nitrogens with one attached hydrogen (secondary N) is 2. The van der Waals surface area contributed by atoms with Gasteiger partial charge in [-0.2, -0.15) is 26.3 Å². The molecule has 51 heavy (non-hydrogen) atoms. The van der Waals surface area contributed by atoms with Crippen molar-refractivity contribution in [2.45, 2.75) is 56.9 Å². The van der Waals surface area contributed by atoms with Gasteiger partial charge < -0.3 is 15.4 Å².